The van der Waals surface area contributed by atoms with E-state index in [0.717, 1.165) is 11.1 Å². The molecular formula is C25H27N5O4S. The fourth-order valence-corrected chi connectivity index (χ4v) is 4.44. The summed E-state index contributed by atoms with van der Waals surface area (Å²) in [5.74, 6) is 1.63. The molecule has 2 aromatic heterocycles. The molecule has 1 N–H and O–H groups in total. The number of carbonyl (C=O) groups excluding carboxylic acids is 1. The van der Waals surface area contributed by atoms with Gasteiger partial charge in [0.25, 0.3) is 0 Å². The van der Waals surface area contributed by atoms with E-state index < -0.39 is 10.0 Å². The van der Waals surface area contributed by atoms with Crippen LogP contribution in [-0.4, -0.2) is 47.3 Å². The Morgan fingerprint density at radius 1 is 1.09 bits per heavy atom. The third kappa shape index (κ3) is 5.50. The van der Waals surface area contributed by atoms with E-state index in [2.05, 4.69) is 15.3 Å². The number of ether oxygens (including phenoxy) is 1. The topological polar surface area (TPSA) is 106 Å². The molecule has 4 aromatic rings. The van der Waals surface area contributed by atoms with Gasteiger partial charge in [-0.1, -0.05) is 17.7 Å². The maximum absolute atomic E-state index is 12.5. The van der Waals surface area contributed by atoms with Crippen molar-refractivity contribution in [3.05, 3.63) is 72.2 Å². The highest BCUT2D eigenvalue weighted by molar-refractivity contribution is 7.89. The number of aryl methyl sites for hydroxylation is 3. The zero-order valence-electron chi connectivity index (χ0n) is 20.0. The van der Waals surface area contributed by atoms with E-state index in [4.69, 9.17) is 4.74 Å². The minimum absolute atomic E-state index is 0.179. The number of hydrogen-bond donors (Lipinski definition) is 1. The molecule has 0 aliphatic heterocycles. The quantitative estimate of drug-likeness (QED) is 0.399. The predicted octanol–water partition coefficient (Wildman–Crippen LogP) is 3.89. The highest BCUT2D eigenvalue weighted by atomic mass is 32.2. The van der Waals surface area contributed by atoms with Crippen LogP contribution in [0.2, 0.25) is 0 Å². The summed E-state index contributed by atoms with van der Waals surface area (Å²) in [6.07, 6.45) is 2.15. The summed E-state index contributed by atoms with van der Waals surface area (Å²) in [5, 5.41) is 2.83. The number of imidazole rings is 1. The first-order chi connectivity index (χ1) is 16.6. The van der Waals surface area contributed by atoms with Crippen molar-refractivity contribution in [2.45, 2.75) is 24.7 Å². The Labute approximate surface area is 204 Å². The molecule has 0 spiro atoms. The normalized spacial score (nSPS) is 11.7. The monoisotopic (exact) mass is 493 g/mol. The van der Waals surface area contributed by atoms with Gasteiger partial charge in [-0.3, -0.25) is 4.79 Å². The van der Waals surface area contributed by atoms with Gasteiger partial charge in [-0.05, 0) is 43.3 Å². The van der Waals surface area contributed by atoms with E-state index in [0.29, 0.717) is 35.1 Å². The lowest BCUT2D eigenvalue weighted by molar-refractivity contribution is -0.116. The first-order valence-electron chi connectivity index (χ1n) is 11.0. The van der Waals surface area contributed by atoms with E-state index >= 15 is 0 Å². The van der Waals surface area contributed by atoms with Crippen LogP contribution in [0, 0.1) is 6.92 Å². The van der Waals surface area contributed by atoms with Crippen LogP contribution in [0.1, 0.15) is 17.8 Å². The number of nitrogens with one attached hydrogen (secondary N) is 1. The first-order valence-corrected chi connectivity index (χ1v) is 12.5. The number of sulfonamides is 1. The van der Waals surface area contributed by atoms with Gasteiger partial charge in [-0.15, -0.1) is 0 Å². The number of pyridine rings is 1. The fraction of sp³-hybridized carbons (Fsp3) is 0.240. The Hall–Kier alpha value is -3.76. The van der Waals surface area contributed by atoms with E-state index in [1.807, 2.05) is 42.8 Å². The van der Waals surface area contributed by atoms with Crippen molar-refractivity contribution in [1.29, 1.82) is 0 Å². The van der Waals surface area contributed by atoms with Gasteiger partial charge >= 0.3 is 0 Å². The standard InChI is InChI=1S/C25H27N5O4S/c1-17-5-8-19(9-6-17)34-25-14-7-18(16-26-25)27-24(31)13-12-23-28-21-15-20(35(32,33)29(2)3)10-11-22(21)30(23)4/h5-11,14-16H,12-13H2,1-4H3,(H,27,31). The summed E-state index contributed by atoms with van der Waals surface area (Å²) >= 11 is 0. The van der Waals surface area contributed by atoms with Gasteiger partial charge in [0, 0.05) is 40.1 Å². The summed E-state index contributed by atoms with van der Waals surface area (Å²) < 4.78 is 33.6. The molecule has 0 saturated heterocycles. The maximum atomic E-state index is 12.5. The number of carbonyl (C=O) groups is 1. The number of aromatic nitrogens is 3. The minimum Gasteiger partial charge on any atom is -0.439 e. The smallest absolute Gasteiger partial charge is 0.242 e. The van der Waals surface area contributed by atoms with Crippen LogP contribution in [0.3, 0.4) is 0 Å². The summed E-state index contributed by atoms with van der Waals surface area (Å²) in [6, 6.07) is 15.9. The summed E-state index contributed by atoms with van der Waals surface area (Å²) in [5.41, 5.74) is 3.07. The van der Waals surface area contributed by atoms with Crippen LogP contribution in [0.5, 0.6) is 11.6 Å². The Morgan fingerprint density at radius 2 is 1.83 bits per heavy atom. The molecule has 2 heterocycles. The Bertz CT molecular complexity index is 1460. The lowest BCUT2D eigenvalue weighted by atomic mass is 10.2. The van der Waals surface area contributed by atoms with Gasteiger partial charge < -0.3 is 14.6 Å². The van der Waals surface area contributed by atoms with Gasteiger partial charge in [-0.25, -0.2) is 22.7 Å². The summed E-state index contributed by atoms with van der Waals surface area (Å²) in [7, 11) is 1.27. The predicted molar refractivity (Wildman–Crippen MR) is 134 cm³/mol. The molecule has 0 aliphatic rings. The average molecular weight is 494 g/mol. The molecule has 1 amide bonds. The molecule has 0 aliphatic carbocycles. The van der Waals surface area contributed by atoms with Gasteiger partial charge in [-0.2, -0.15) is 0 Å². The first kappa shape index (κ1) is 24.4. The van der Waals surface area contributed by atoms with E-state index in [9.17, 15) is 13.2 Å². The van der Waals surface area contributed by atoms with Crippen LogP contribution in [0.25, 0.3) is 11.0 Å². The van der Waals surface area contributed by atoms with E-state index in [-0.39, 0.29) is 17.2 Å². The van der Waals surface area contributed by atoms with Gasteiger partial charge in [0.2, 0.25) is 21.8 Å². The van der Waals surface area contributed by atoms with Crippen LogP contribution in [-0.2, 0) is 28.3 Å². The van der Waals surface area contributed by atoms with Crippen LogP contribution in [0.4, 0.5) is 5.69 Å². The average Bonchev–Trinajstić information content (AvgIpc) is 3.15. The molecule has 0 bridgehead atoms. The minimum atomic E-state index is -3.55. The SMILES string of the molecule is Cc1ccc(Oc2ccc(NC(=O)CCc3nc4cc(S(=O)(=O)N(C)C)ccc4n3C)cn2)cc1. The molecule has 0 fully saturated rings. The third-order valence-electron chi connectivity index (χ3n) is 5.56. The summed E-state index contributed by atoms with van der Waals surface area (Å²) in [4.78, 5) is 21.5. The number of benzene rings is 2. The maximum Gasteiger partial charge on any atom is 0.242 e. The number of anilines is 1. The van der Waals surface area contributed by atoms with Crippen molar-refractivity contribution in [1.82, 2.24) is 18.8 Å². The molecule has 0 saturated carbocycles. The number of fused-ring (bicyclic) bond motifs is 1. The third-order valence-corrected chi connectivity index (χ3v) is 7.37. The van der Waals surface area contributed by atoms with Gasteiger partial charge in [0.05, 0.1) is 27.8 Å². The van der Waals surface area contributed by atoms with Gasteiger partial charge in [0.15, 0.2) is 0 Å². The molecule has 9 nitrogen and oxygen atoms in total. The van der Waals surface area contributed by atoms with Gasteiger partial charge in [0.1, 0.15) is 11.6 Å². The second-order valence-corrected chi connectivity index (χ2v) is 10.5. The fourth-order valence-electron chi connectivity index (χ4n) is 3.51. The number of hydrogen-bond acceptors (Lipinski definition) is 6. The van der Waals surface area contributed by atoms with Crippen LogP contribution >= 0.6 is 0 Å². The molecule has 2 aromatic carbocycles. The largest absolute Gasteiger partial charge is 0.439 e. The molecule has 0 atom stereocenters. The molecule has 35 heavy (non-hydrogen) atoms. The van der Waals surface area contributed by atoms with Crippen LogP contribution < -0.4 is 10.1 Å². The zero-order chi connectivity index (χ0) is 25.2. The van der Waals surface area contributed by atoms with E-state index in [1.54, 1.807) is 36.5 Å². The Balaban J connectivity index is 1.38. The second-order valence-electron chi connectivity index (χ2n) is 8.37. The van der Waals surface area contributed by atoms with Crippen molar-refractivity contribution in [3.63, 3.8) is 0 Å². The second kappa shape index (κ2) is 9.85. The Morgan fingerprint density at radius 3 is 2.49 bits per heavy atom. The lowest BCUT2D eigenvalue weighted by Gasteiger charge is -2.10. The van der Waals surface area contributed by atoms with Crippen molar-refractivity contribution in [3.8, 4) is 11.6 Å². The lowest BCUT2D eigenvalue weighted by Crippen LogP contribution is -2.22. The molecule has 182 valence electrons. The molecular weight excluding hydrogens is 466 g/mol. The van der Waals surface area contributed by atoms with Crippen molar-refractivity contribution >= 4 is 32.7 Å². The molecule has 4 rings (SSSR count). The van der Waals surface area contributed by atoms with E-state index in [1.165, 1.54) is 18.4 Å². The number of amides is 1. The summed E-state index contributed by atoms with van der Waals surface area (Å²) in [6.45, 7) is 2.00. The molecule has 0 radical (unpaired) electrons. The van der Waals surface area contributed by atoms with Crippen molar-refractivity contribution in [2.75, 3.05) is 19.4 Å². The number of rotatable bonds is 8. The van der Waals surface area contributed by atoms with Crippen molar-refractivity contribution < 1.29 is 17.9 Å². The molecule has 0 unspecified atom stereocenters. The highest BCUT2D eigenvalue weighted by Crippen LogP contribution is 2.23. The number of nitrogens with zero attached hydrogens (tertiary/aromatic N) is 4. The Kier molecular flexibility index (Phi) is 6.86. The molecule has 10 heteroatoms. The van der Waals surface area contributed by atoms with Crippen LogP contribution in [0.15, 0.2) is 65.7 Å². The van der Waals surface area contributed by atoms with Crippen molar-refractivity contribution in [2.24, 2.45) is 7.05 Å². The highest BCUT2D eigenvalue weighted by Gasteiger charge is 2.19. The zero-order valence-corrected chi connectivity index (χ0v) is 20.8.